The van der Waals surface area contributed by atoms with Gasteiger partial charge in [0.25, 0.3) is 0 Å². The van der Waals surface area contributed by atoms with E-state index in [1.165, 1.54) is 23.3 Å². The molecule has 2 N–H and O–H groups in total. The fourth-order valence-corrected chi connectivity index (χ4v) is 2.45. The van der Waals surface area contributed by atoms with E-state index in [-0.39, 0.29) is 11.9 Å². The van der Waals surface area contributed by atoms with Gasteiger partial charge >= 0.3 is 0 Å². The van der Waals surface area contributed by atoms with Crippen LogP contribution in [0.1, 0.15) is 49.4 Å². The number of hydrogen-bond acceptors (Lipinski definition) is 2. The van der Waals surface area contributed by atoms with Gasteiger partial charge in [-0.15, -0.1) is 0 Å². The minimum Gasteiger partial charge on any atom is -0.457 e. The van der Waals surface area contributed by atoms with Gasteiger partial charge in [0.2, 0.25) is 0 Å². The average Bonchev–Trinajstić information content (AvgIpc) is 2.40. The normalized spacial score (nSPS) is 12.5. The summed E-state index contributed by atoms with van der Waals surface area (Å²) in [7, 11) is 0. The minimum absolute atomic E-state index is 0.285. The number of nitrogens with two attached hydrogens (primary N) is 1. The Labute approximate surface area is 125 Å². The number of rotatable bonds is 4. The van der Waals surface area contributed by atoms with E-state index in [1.54, 1.807) is 6.07 Å². The highest BCUT2D eigenvalue weighted by atomic mass is 19.1. The smallest absolute Gasteiger partial charge is 0.132 e. The van der Waals surface area contributed by atoms with E-state index >= 15 is 0 Å². The maximum atomic E-state index is 13.3. The van der Waals surface area contributed by atoms with E-state index in [4.69, 9.17) is 10.5 Å². The Hall–Kier alpha value is -1.87. The second-order valence-electron chi connectivity index (χ2n) is 5.75. The number of ether oxygens (including phenoxy) is 1. The molecule has 2 aromatic carbocycles. The van der Waals surface area contributed by atoms with Crippen LogP contribution in [-0.4, -0.2) is 0 Å². The summed E-state index contributed by atoms with van der Waals surface area (Å²) < 4.78 is 19.2. The van der Waals surface area contributed by atoms with Crippen molar-refractivity contribution in [3.8, 4) is 11.5 Å². The molecule has 0 bridgehead atoms. The highest BCUT2D eigenvalue weighted by Crippen LogP contribution is 2.31. The standard InChI is InChI=1S/C18H22FNO/c1-11(2)16-7-6-15(9-12(16)3)21-18-8-5-14(19)10-17(18)13(4)20/h5-11,13H,20H2,1-4H3/t13-/m1/s1. The van der Waals surface area contributed by atoms with Crippen molar-refractivity contribution in [2.45, 2.75) is 39.7 Å². The molecule has 2 rings (SSSR count). The molecule has 0 aliphatic heterocycles. The lowest BCUT2D eigenvalue weighted by Gasteiger charge is -2.16. The van der Waals surface area contributed by atoms with Crippen LogP contribution in [0.4, 0.5) is 4.39 Å². The molecule has 0 amide bonds. The fourth-order valence-electron chi connectivity index (χ4n) is 2.45. The van der Waals surface area contributed by atoms with E-state index in [0.717, 1.165) is 5.75 Å². The van der Waals surface area contributed by atoms with Crippen molar-refractivity contribution in [2.75, 3.05) is 0 Å². The van der Waals surface area contributed by atoms with Gasteiger partial charge in [-0.3, -0.25) is 0 Å². The summed E-state index contributed by atoms with van der Waals surface area (Å²) in [5, 5.41) is 0. The zero-order valence-corrected chi connectivity index (χ0v) is 13.0. The number of hydrogen-bond donors (Lipinski definition) is 1. The Morgan fingerprint density at radius 2 is 1.71 bits per heavy atom. The summed E-state index contributed by atoms with van der Waals surface area (Å²) in [6.45, 7) is 8.21. The Morgan fingerprint density at radius 1 is 1.00 bits per heavy atom. The first-order valence-electron chi connectivity index (χ1n) is 7.22. The molecule has 2 nitrogen and oxygen atoms in total. The van der Waals surface area contributed by atoms with Crippen LogP contribution in [0.25, 0.3) is 0 Å². The Bertz CT molecular complexity index is 635. The summed E-state index contributed by atoms with van der Waals surface area (Å²) in [5.74, 6) is 1.51. The van der Waals surface area contributed by atoms with Crippen molar-refractivity contribution in [3.05, 3.63) is 58.9 Å². The van der Waals surface area contributed by atoms with Gasteiger partial charge in [-0.05, 0) is 61.2 Å². The molecule has 0 spiro atoms. The Kier molecular flexibility index (Phi) is 4.63. The van der Waals surface area contributed by atoms with E-state index in [9.17, 15) is 4.39 Å². The molecule has 0 fully saturated rings. The molecule has 0 heterocycles. The first kappa shape index (κ1) is 15.5. The van der Waals surface area contributed by atoms with Gasteiger partial charge in [0.15, 0.2) is 0 Å². The van der Waals surface area contributed by atoms with Crippen LogP contribution in [0.15, 0.2) is 36.4 Å². The zero-order valence-electron chi connectivity index (χ0n) is 13.0. The topological polar surface area (TPSA) is 35.2 Å². The first-order valence-corrected chi connectivity index (χ1v) is 7.22. The molecule has 1 atom stereocenters. The molecule has 0 unspecified atom stereocenters. The average molecular weight is 287 g/mol. The number of benzene rings is 2. The molecular formula is C18H22FNO. The molecule has 0 aliphatic carbocycles. The zero-order chi connectivity index (χ0) is 15.6. The van der Waals surface area contributed by atoms with Gasteiger partial charge in [0, 0.05) is 11.6 Å². The van der Waals surface area contributed by atoms with E-state index in [2.05, 4.69) is 26.8 Å². The maximum Gasteiger partial charge on any atom is 0.132 e. The van der Waals surface area contributed by atoms with Crippen molar-refractivity contribution >= 4 is 0 Å². The first-order chi connectivity index (χ1) is 9.88. The van der Waals surface area contributed by atoms with Crippen molar-refractivity contribution in [1.29, 1.82) is 0 Å². The third-order valence-corrected chi connectivity index (χ3v) is 3.55. The van der Waals surface area contributed by atoms with Crippen molar-refractivity contribution < 1.29 is 9.13 Å². The lowest BCUT2D eigenvalue weighted by Crippen LogP contribution is -2.07. The van der Waals surface area contributed by atoms with Crippen LogP contribution in [0, 0.1) is 12.7 Å². The third-order valence-electron chi connectivity index (χ3n) is 3.55. The fraction of sp³-hybridized carbons (Fsp3) is 0.333. The van der Waals surface area contributed by atoms with Gasteiger partial charge in [0.05, 0.1) is 0 Å². The summed E-state index contributed by atoms with van der Waals surface area (Å²) in [4.78, 5) is 0. The van der Waals surface area contributed by atoms with Crippen LogP contribution < -0.4 is 10.5 Å². The summed E-state index contributed by atoms with van der Waals surface area (Å²) >= 11 is 0. The largest absolute Gasteiger partial charge is 0.457 e. The molecule has 3 heteroatoms. The maximum absolute atomic E-state index is 13.3. The van der Waals surface area contributed by atoms with Crippen LogP contribution in [0.2, 0.25) is 0 Å². The summed E-state index contributed by atoms with van der Waals surface area (Å²) in [5.41, 5.74) is 9.04. The van der Waals surface area contributed by atoms with Gasteiger partial charge in [-0.25, -0.2) is 4.39 Å². The van der Waals surface area contributed by atoms with Gasteiger partial charge in [0.1, 0.15) is 17.3 Å². The summed E-state index contributed by atoms with van der Waals surface area (Å²) in [6.07, 6.45) is 0. The Morgan fingerprint density at radius 3 is 2.29 bits per heavy atom. The molecule has 112 valence electrons. The van der Waals surface area contributed by atoms with E-state index in [1.807, 2.05) is 19.1 Å². The minimum atomic E-state index is -0.305. The number of halogens is 1. The van der Waals surface area contributed by atoms with Crippen LogP contribution in [-0.2, 0) is 0 Å². The second kappa shape index (κ2) is 6.27. The van der Waals surface area contributed by atoms with Crippen molar-refractivity contribution in [1.82, 2.24) is 0 Å². The third kappa shape index (κ3) is 3.61. The van der Waals surface area contributed by atoms with Crippen molar-refractivity contribution in [2.24, 2.45) is 5.73 Å². The molecule has 0 saturated carbocycles. The van der Waals surface area contributed by atoms with Crippen LogP contribution >= 0.6 is 0 Å². The van der Waals surface area contributed by atoms with Gasteiger partial charge < -0.3 is 10.5 Å². The van der Waals surface area contributed by atoms with Crippen LogP contribution in [0.3, 0.4) is 0 Å². The number of aryl methyl sites for hydroxylation is 1. The van der Waals surface area contributed by atoms with E-state index < -0.39 is 0 Å². The quantitative estimate of drug-likeness (QED) is 0.852. The summed E-state index contributed by atoms with van der Waals surface area (Å²) in [6, 6.07) is 10.2. The van der Waals surface area contributed by atoms with E-state index in [0.29, 0.717) is 17.2 Å². The SMILES string of the molecule is Cc1cc(Oc2ccc(F)cc2[C@@H](C)N)ccc1C(C)C. The molecule has 2 aromatic rings. The lowest BCUT2D eigenvalue weighted by atomic mass is 9.98. The highest BCUT2D eigenvalue weighted by Gasteiger charge is 2.11. The predicted octanol–water partition coefficient (Wildman–Crippen LogP) is 5.07. The molecule has 0 radical (unpaired) electrons. The molecule has 21 heavy (non-hydrogen) atoms. The molecule has 0 aliphatic rings. The molecule has 0 saturated heterocycles. The molecule has 0 aromatic heterocycles. The lowest BCUT2D eigenvalue weighted by molar-refractivity contribution is 0.468. The van der Waals surface area contributed by atoms with Crippen molar-refractivity contribution in [3.63, 3.8) is 0 Å². The van der Waals surface area contributed by atoms with Gasteiger partial charge in [-0.2, -0.15) is 0 Å². The predicted molar refractivity (Wildman–Crippen MR) is 84.3 cm³/mol. The highest BCUT2D eigenvalue weighted by molar-refractivity contribution is 5.42. The van der Waals surface area contributed by atoms with Gasteiger partial charge in [-0.1, -0.05) is 19.9 Å². The Balaban J connectivity index is 2.32. The van der Waals surface area contributed by atoms with Crippen LogP contribution in [0.5, 0.6) is 11.5 Å². The molecular weight excluding hydrogens is 265 g/mol. The monoisotopic (exact) mass is 287 g/mol. The second-order valence-corrected chi connectivity index (χ2v) is 5.75.